The number of benzene rings is 3. The maximum Gasteiger partial charge on any atom is 0.199 e. The number of nitrogens with one attached hydrogen (secondary N) is 1. The smallest absolute Gasteiger partial charge is 0.199 e. The van der Waals surface area contributed by atoms with Crippen molar-refractivity contribution < 1.29 is 5.11 Å². The molecule has 5 nitrogen and oxygen atoms in total. The predicted octanol–water partition coefficient (Wildman–Crippen LogP) is 4.21. The van der Waals surface area contributed by atoms with Crippen molar-refractivity contribution in [1.29, 1.82) is 0 Å². The Morgan fingerprint density at radius 2 is 1.62 bits per heavy atom. The molecule has 1 heterocycles. The van der Waals surface area contributed by atoms with Gasteiger partial charge in [-0.15, -0.1) is 0 Å². The molecule has 128 valence electrons. The zero-order valence-electron chi connectivity index (χ0n) is 14.0. The van der Waals surface area contributed by atoms with Crippen LogP contribution in [0.3, 0.4) is 0 Å². The molecule has 0 aliphatic rings. The van der Waals surface area contributed by atoms with Crippen LogP contribution >= 0.6 is 0 Å². The monoisotopic (exact) mass is 342 g/mol. The summed E-state index contributed by atoms with van der Waals surface area (Å²) in [5, 5.41) is 11.4. The van der Waals surface area contributed by atoms with E-state index in [1.807, 2.05) is 60.7 Å². The molecule has 0 aliphatic carbocycles. The summed E-state index contributed by atoms with van der Waals surface area (Å²) in [6.07, 6.45) is 0. The standard InChI is InChI=1S/C21H18N4O/c22-14-7-4-8-16(11-14)24-20(13-5-2-1-3-6-13)19-17-12-15(23)9-10-18(17)25-21(19)26/h1-12,25-26H,22-23H2. The van der Waals surface area contributed by atoms with Gasteiger partial charge >= 0.3 is 0 Å². The topological polar surface area (TPSA) is 100 Å². The Kier molecular flexibility index (Phi) is 3.82. The number of hydrogen-bond donors (Lipinski definition) is 4. The highest BCUT2D eigenvalue weighted by Gasteiger charge is 2.18. The van der Waals surface area contributed by atoms with Crippen LogP contribution in [-0.2, 0) is 0 Å². The number of hydrogen-bond acceptors (Lipinski definition) is 4. The third-order valence-electron chi connectivity index (χ3n) is 4.20. The summed E-state index contributed by atoms with van der Waals surface area (Å²) in [7, 11) is 0. The number of nitrogen functional groups attached to an aromatic ring is 2. The molecule has 0 fully saturated rings. The van der Waals surface area contributed by atoms with Crippen molar-refractivity contribution in [2.75, 3.05) is 11.5 Å². The second kappa shape index (κ2) is 6.29. The number of fused-ring (bicyclic) bond motifs is 1. The molecule has 0 saturated carbocycles. The van der Waals surface area contributed by atoms with Crippen molar-refractivity contribution in [3.63, 3.8) is 0 Å². The van der Waals surface area contributed by atoms with Gasteiger partial charge in [-0.05, 0) is 36.4 Å². The molecule has 0 spiro atoms. The number of aromatic amines is 1. The van der Waals surface area contributed by atoms with Crippen molar-refractivity contribution in [1.82, 2.24) is 4.98 Å². The fraction of sp³-hybridized carbons (Fsp3) is 0. The molecule has 0 radical (unpaired) electrons. The Balaban J connectivity index is 2.01. The molecule has 4 aromatic rings. The molecule has 0 atom stereocenters. The maximum atomic E-state index is 10.6. The van der Waals surface area contributed by atoms with Gasteiger partial charge in [-0.3, -0.25) is 0 Å². The first-order valence-electron chi connectivity index (χ1n) is 8.22. The minimum absolute atomic E-state index is 0.0529. The molecule has 6 N–H and O–H groups in total. The van der Waals surface area contributed by atoms with Gasteiger partial charge in [-0.1, -0.05) is 36.4 Å². The van der Waals surface area contributed by atoms with Crippen molar-refractivity contribution in [2.24, 2.45) is 4.99 Å². The highest BCUT2D eigenvalue weighted by molar-refractivity contribution is 6.22. The van der Waals surface area contributed by atoms with Crippen LogP contribution in [0.25, 0.3) is 10.9 Å². The molecule has 0 unspecified atom stereocenters. The van der Waals surface area contributed by atoms with E-state index in [1.165, 1.54) is 0 Å². The molecule has 1 aromatic heterocycles. The summed E-state index contributed by atoms with van der Waals surface area (Å²) in [6.45, 7) is 0. The van der Waals surface area contributed by atoms with E-state index in [9.17, 15) is 5.11 Å². The van der Waals surface area contributed by atoms with Gasteiger partial charge in [0.1, 0.15) is 0 Å². The normalized spacial score (nSPS) is 11.8. The summed E-state index contributed by atoms with van der Waals surface area (Å²) >= 11 is 0. The minimum atomic E-state index is 0.0529. The van der Waals surface area contributed by atoms with E-state index in [0.29, 0.717) is 28.3 Å². The molecule has 4 rings (SSSR count). The number of aromatic hydroxyl groups is 1. The highest BCUT2D eigenvalue weighted by atomic mass is 16.3. The van der Waals surface area contributed by atoms with Gasteiger partial charge in [0.05, 0.1) is 17.0 Å². The van der Waals surface area contributed by atoms with Crippen LogP contribution in [0.2, 0.25) is 0 Å². The molecular weight excluding hydrogens is 324 g/mol. The Labute approximate surface area is 150 Å². The van der Waals surface area contributed by atoms with Gasteiger partial charge in [0.25, 0.3) is 0 Å². The molecule has 0 saturated heterocycles. The lowest BCUT2D eigenvalue weighted by Gasteiger charge is -2.08. The van der Waals surface area contributed by atoms with Gasteiger partial charge in [0.15, 0.2) is 5.88 Å². The molecule has 26 heavy (non-hydrogen) atoms. The summed E-state index contributed by atoms with van der Waals surface area (Å²) in [4.78, 5) is 7.78. The van der Waals surface area contributed by atoms with Crippen LogP contribution in [0.15, 0.2) is 77.8 Å². The molecular formula is C21H18N4O. The Morgan fingerprint density at radius 1 is 0.846 bits per heavy atom. The van der Waals surface area contributed by atoms with Crippen LogP contribution in [0.1, 0.15) is 11.1 Å². The average molecular weight is 342 g/mol. The van der Waals surface area contributed by atoms with Crippen LogP contribution < -0.4 is 11.5 Å². The van der Waals surface area contributed by atoms with E-state index in [4.69, 9.17) is 16.5 Å². The number of aromatic nitrogens is 1. The molecule has 0 amide bonds. The third-order valence-corrected chi connectivity index (χ3v) is 4.20. The first-order valence-corrected chi connectivity index (χ1v) is 8.22. The number of nitrogens with zero attached hydrogens (tertiary/aromatic N) is 1. The average Bonchev–Trinajstić information content (AvgIpc) is 2.95. The number of nitrogens with two attached hydrogens (primary N) is 2. The molecule has 3 aromatic carbocycles. The fourth-order valence-corrected chi connectivity index (χ4v) is 3.02. The van der Waals surface area contributed by atoms with E-state index in [2.05, 4.69) is 4.98 Å². The molecule has 5 heteroatoms. The zero-order chi connectivity index (χ0) is 18.1. The Bertz CT molecular complexity index is 1110. The van der Waals surface area contributed by atoms with E-state index >= 15 is 0 Å². The van der Waals surface area contributed by atoms with Crippen molar-refractivity contribution in [3.8, 4) is 5.88 Å². The van der Waals surface area contributed by atoms with E-state index in [-0.39, 0.29) is 5.88 Å². The van der Waals surface area contributed by atoms with Crippen molar-refractivity contribution >= 4 is 33.7 Å². The van der Waals surface area contributed by atoms with Crippen LogP contribution in [0, 0.1) is 0 Å². The SMILES string of the molecule is Nc1cccc(N=C(c2ccccc2)c2c(O)[nH]c3ccc(N)cc23)c1. The van der Waals surface area contributed by atoms with Crippen LogP contribution in [-0.4, -0.2) is 15.8 Å². The summed E-state index contributed by atoms with van der Waals surface area (Å²) in [6, 6.07) is 22.5. The van der Waals surface area contributed by atoms with Crippen LogP contribution in [0.5, 0.6) is 5.88 Å². The van der Waals surface area contributed by atoms with E-state index in [0.717, 1.165) is 16.5 Å². The highest BCUT2D eigenvalue weighted by Crippen LogP contribution is 2.32. The maximum absolute atomic E-state index is 10.6. The Morgan fingerprint density at radius 3 is 2.38 bits per heavy atom. The zero-order valence-corrected chi connectivity index (χ0v) is 14.0. The summed E-state index contributed by atoms with van der Waals surface area (Å²) in [5.41, 5.74) is 16.7. The van der Waals surface area contributed by atoms with Gasteiger partial charge in [0, 0.05) is 27.8 Å². The summed E-state index contributed by atoms with van der Waals surface area (Å²) in [5.74, 6) is 0.0529. The number of aliphatic imine (C=N–C) groups is 1. The minimum Gasteiger partial charge on any atom is -0.494 e. The molecule has 0 bridgehead atoms. The van der Waals surface area contributed by atoms with E-state index < -0.39 is 0 Å². The number of rotatable bonds is 3. The first-order chi connectivity index (χ1) is 12.6. The van der Waals surface area contributed by atoms with Crippen molar-refractivity contribution in [2.45, 2.75) is 0 Å². The van der Waals surface area contributed by atoms with Gasteiger partial charge in [-0.25, -0.2) is 4.99 Å². The lowest BCUT2D eigenvalue weighted by molar-refractivity contribution is 0.457. The lowest BCUT2D eigenvalue weighted by Crippen LogP contribution is -2.03. The van der Waals surface area contributed by atoms with Crippen LogP contribution in [0.4, 0.5) is 17.1 Å². The largest absolute Gasteiger partial charge is 0.494 e. The number of H-pyrrole nitrogens is 1. The Hall–Kier alpha value is -3.73. The third kappa shape index (κ3) is 2.86. The quantitative estimate of drug-likeness (QED) is 0.331. The van der Waals surface area contributed by atoms with Crippen molar-refractivity contribution in [3.05, 3.63) is 83.9 Å². The fourth-order valence-electron chi connectivity index (χ4n) is 3.02. The first kappa shape index (κ1) is 15.8. The van der Waals surface area contributed by atoms with E-state index in [1.54, 1.807) is 12.1 Å². The second-order valence-corrected chi connectivity index (χ2v) is 6.08. The predicted molar refractivity (Wildman–Crippen MR) is 107 cm³/mol. The van der Waals surface area contributed by atoms with Gasteiger partial charge in [-0.2, -0.15) is 0 Å². The lowest BCUT2D eigenvalue weighted by atomic mass is 10.0. The van der Waals surface area contributed by atoms with Gasteiger partial charge in [0.2, 0.25) is 0 Å². The van der Waals surface area contributed by atoms with Gasteiger partial charge < -0.3 is 21.6 Å². The number of anilines is 2. The summed E-state index contributed by atoms with van der Waals surface area (Å²) < 4.78 is 0. The molecule has 0 aliphatic heterocycles. The second-order valence-electron chi connectivity index (χ2n) is 6.08.